The summed E-state index contributed by atoms with van der Waals surface area (Å²) in [7, 11) is 0. The van der Waals surface area contributed by atoms with Crippen LogP contribution < -0.4 is 0 Å². The molecule has 0 aliphatic carbocycles. The fraction of sp³-hybridized carbons (Fsp3) is 0.167. The van der Waals surface area contributed by atoms with Crippen molar-refractivity contribution in [2.45, 2.75) is 13.5 Å². The average molecular weight is 215 g/mol. The topological polar surface area (TPSA) is 50.7 Å². The first-order valence-corrected chi connectivity index (χ1v) is 5.19. The van der Waals surface area contributed by atoms with Crippen molar-refractivity contribution in [1.82, 2.24) is 14.8 Å². The van der Waals surface area contributed by atoms with Gasteiger partial charge in [-0.1, -0.05) is 0 Å². The van der Waals surface area contributed by atoms with Gasteiger partial charge in [-0.2, -0.15) is 5.10 Å². The van der Waals surface area contributed by atoms with E-state index in [1.165, 1.54) is 0 Å². The van der Waals surface area contributed by atoms with Gasteiger partial charge in [-0.05, 0) is 37.3 Å². The molecule has 2 aromatic rings. The van der Waals surface area contributed by atoms with Gasteiger partial charge in [0.15, 0.2) is 0 Å². The maximum atomic E-state index is 11.8. The first-order chi connectivity index (χ1) is 7.81. The summed E-state index contributed by atoms with van der Waals surface area (Å²) in [4.78, 5) is 14.8. The van der Waals surface area contributed by atoms with Crippen LogP contribution in [0.25, 0.3) is 6.08 Å². The lowest BCUT2D eigenvalue weighted by atomic mass is 10.2. The highest BCUT2D eigenvalue weighted by Crippen LogP contribution is 2.04. The van der Waals surface area contributed by atoms with Crippen LogP contribution in [-0.2, 0) is 6.54 Å². The van der Waals surface area contributed by atoms with E-state index in [9.17, 15) is 4.79 Å². The minimum Gasteiger partial charge on any atom is -0.362 e. The number of rotatable bonds is 4. The van der Waals surface area contributed by atoms with Crippen LogP contribution in [0, 0.1) is 0 Å². The van der Waals surface area contributed by atoms with Crippen molar-refractivity contribution in [3.8, 4) is 0 Å². The van der Waals surface area contributed by atoms with Crippen molar-refractivity contribution in [2.75, 3.05) is 0 Å². The summed E-state index contributed by atoms with van der Waals surface area (Å²) < 4.78 is 1.68. The van der Waals surface area contributed by atoms with Crippen molar-refractivity contribution in [3.63, 3.8) is 0 Å². The molecular weight excluding hydrogens is 202 g/mol. The molecule has 0 atom stereocenters. The molecule has 0 saturated heterocycles. The van der Waals surface area contributed by atoms with Gasteiger partial charge < -0.3 is 4.98 Å². The second-order valence-electron chi connectivity index (χ2n) is 3.36. The van der Waals surface area contributed by atoms with E-state index >= 15 is 0 Å². The highest BCUT2D eigenvalue weighted by Gasteiger charge is 2.07. The Hall–Kier alpha value is -2.10. The van der Waals surface area contributed by atoms with Crippen molar-refractivity contribution >= 4 is 11.9 Å². The van der Waals surface area contributed by atoms with Crippen LogP contribution in [0.15, 0.2) is 36.7 Å². The van der Waals surface area contributed by atoms with Gasteiger partial charge in [-0.15, -0.1) is 0 Å². The third-order valence-electron chi connectivity index (χ3n) is 2.30. The zero-order valence-electron chi connectivity index (χ0n) is 9.05. The molecule has 4 nitrogen and oxygen atoms in total. The van der Waals surface area contributed by atoms with Gasteiger partial charge in [0.2, 0.25) is 5.78 Å². The molecule has 0 fully saturated rings. The van der Waals surface area contributed by atoms with Gasteiger partial charge in [-0.25, -0.2) is 0 Å². The highest BCUT2D eigenvalue weighted by molar-refractivity contribution is 6.05. The molecule has 0 amide bonds. The quantitative estimate of drug-likeness (QED) is 0.627. The molecule has 0 aliphatic rings. The van der Waals surface area contributed by atoms with Gasteiger partial charge in [0, 0.05) is 24.6 Å². The maximum Gasteiger partial charge on any atom is 0.203 e. The summed E-state index contributed by atoms with van der Waals surface area (Å²) >= 11 is 0. The summed E-state index contributed by atoms with van der Waals surface area (Å²) in [5.41, 5.74) is 1.53. The average Bonchev–Trinajstić information content (AvgIpc) is 2.96. The van der Waals surface area contributed by atoms with Crippen LogP contribution in [0.5, 0.6) is 0 Å². The standard InChI is InChI=1S/C12H13N3O/c1-2-15-11(7-9-14-15)12(16)6-5-10-4-3-8-13-10/h3-9,13H,2H2,1H3/b6-5+. The van der Waals surface area contributed by atoms with Crippen molar-refractivity contribution in [2.24, 2.45) is 0 Å². The number of carbonyl (C=O) groups excluding carboxylic acids is 1. The number of aromatic nitrogens is 3. The lowest BCUT2D eigenvalue weighted by Crippen LogP contribution is -2.07. The summed E-state index contributed by atoms with van der Waals surface area (Å²) in [5.74, 6) is -0.0334. The summed E-state index contributed by atoms with van der Waals surface area (Å²) in [6.45, 7) is 2.66. The highest BCUT2D eigenvalue weighted by atomic mass is 16.1. The van der Waals surface area contributed by atoms with Crippen LogP contribution in [0.2, 0.25) is 0 Å². The zero-order valence-corrected chi connectivity index (χ0v) is 9.05. The Morgan fingerprint density at radius 1 is 1.56 bits per heavy atom. The Kier molecular flexibility index (Phi) is 3.00. The smallest absolute Gasteiger partial charge is 0.203 e. The molecule has 0 radical (unpaired) electrons. The normalized spacial score (nSPS) is 11.1. The van der Waals surface area contributed by atoms with Gasteiger partial charge >= 0.3 is 0 Å². The SMILES string of the molecule is CCn1nccc1C(=O)/C=C/c1ccc[nH]1. The van der Waals surface area contributed by atoms with Crippen LogP contribution in [0.4, 0.5) is 0 Å². The van der Waals surface area contributed by atoms with Gasteiger partial charge in [0.25, 0.3) is 0 Å². The summed E-state index contributed by atoms with van der Waals surface area (Å²) in [5, 5.41) is 4.05. The number of aryl methyl sites for hydroxylation is 1. The fourth-order valence-electron chi connectivity index (χ4n) is 1.49. The van der Waals surface area contributed by atoms with Gasteiger partial charge in [-0.3, -0.25) is 9.48 Å². The van der Waals surface area contributed by atoms with E-state index in [1.54, 1.807) is 29.1 Å². The number of nitrogens with zero attached hydrogens (tertiary/aromatic N) is 2. The number of allylic oxidation sites excluding steroid dienone is 1. The molecule has 0 unspecified atom stereocenters. The number of H-pyrrole nitrogens is 1. The lowest BCUT2D eigenvalue weighted by Gasteiger charge is -1.99. The van der Waals surface area contributed by atoms with E-state index < -0.39 is 0 Å². The zero-order chi connectivity index (χ0) is 11.4. The minimum atomic E-state index is -0.0334. The first kappa shape index (κ1) is 10.4. The Morgan fingerprint density at radius 2 is 2.44 bits per heavy atom. The van der Waals surface area contributed by atoms with Crippen LogP contribution in [0.1, 0.15) is 23.1 Å². The molecule has 0 spiro atoms. The molecule has 2 heterocycles. The monoisotopic (exact) mass is 215 g/mol. The van der Waals surface area contributed by atoms with Gasteiger partial charge in [0.1, 0.15) is 5.69 Å². The van der Waals surface area contributed by atoms with E-state index in [0.29, 0.717) is 12.2 Å². The fourth-order valence-corrected chi connectivity index (χ4v) is 1.49. The third-order valence-corrected chi connectivity index (χ3v) is 2.30. The van der Waals surface area contributed by atoms with E-state index in [1.807, 2.05) is 25.3 Å². The predicted molar refractivity (Wildman–Crippen MR) is 62.1 cm³/mol. The van der Waals surface area contributed by atoms with E-state index in [4.69, 9.17) is 0 Å². The van der Waals surface area contributed by atoms with Crippen molar-refractivity contribution < 1.29 is 4.79 Å². The molecule has 0 saturated carbocycles. The summed E-state index contributed by atoms with van der Waals surface area (Å²) in [6.07, 6.45) is 6.77. The van der Waals surface area contributed by atoms with Crippen molar-refractivity contribution in [1.29, 1.82) is 0 Å². The maximum absolute atomic E-state index is 11.8. The molecule has 82 valence electrons. The second-order valence-corrected chi connectivity index (χ2v) is 3.36. The number of nitrogens with one attached hydrogen (secondary N) is 1. The Balaban J connectivity index is 2.14. The Morgan fingerprint density at radius 3 is 3.12 bits per heavy atom. The Bertz CT molecular complexity index is 494. The molecule has 0 aromatic carbocycles. The first-order valence-electron chi connectivity index (χ1n) is 5.19. The molecule has 16 heavy (non-hydrogen) atoms. The minimum absolute atomic E-state index is 0.0334. The van der Waals surface area contributed by atoms with Crippen LogP contribution >= 0.6 is 0 Å². The van der Waals surface area contributed by atoms with Crippen LogP contribution in [-0.4, -0.2) is 20.5 Å². The second kappa shape index (κ2) is 4.61. The molecule has 1 N–H and O–H groups in total. The lowest BCUT2D eigenvalue weighted by molar-refractivity contribution is 0.103. The van der Waals surface area contributed by atoms with Crippen LogP contribution in [0.3, 0.4) is 0 Å². The third kappa shape index (κ3) is 2.11. The molecule has 0 aliphatic heterocycles. The molecule has 4 heteroatoms. The predicted octanol–water partition coefficient (Wildman–Crippen LogP) is 2.13. The number of hydrogen-bond acceptors (Lipinski definition) is 2. The molecule has 2 rings (SSSR count). The van der Waals surface area contributed by atoms with E-state index in [-0.39, 0.29) is 5.78 Å². The molecular formula is C12H13N3O. The van der Waals surface area contributed by atoms with E-state index in [2.05, 4.69) is 10.1 Å². The largest absolute Gasteiger partial charge is 0.362 e. The number of carbonyl (C=O) groups is 1. The summed E-state index contributed by atoms with van der Waals surface area (Å²) in [6, 6.07) is 5.52. The molecule has 2 aromatic heterocycles. The van der Waals surface area contributed by atoms with Crippen molar-refractivity contribution in [3.05, 3.63) is 48.1 Å². The number of ketones is 1. The number of aromatic amines is 1. The van der Waals surface area contributed by atoms with E-state index in [0.717, 1.165) is 5.69 Å². The van der Waals surface area contributed by atoms with Gasteiger partial charge in [0.05, 0.1) is 0 Å². The molecule has 0 bridgehead atoms. The number of hydrogen-bond donors (Lipinski definition) is 1. The Labute approximate surface area is 93.6 Å².